The van der Waals surface area contributed by atoms with Crippen LogP contribution in [0.15, 0.2) is 29.6 Å². The molecule has 0 aliphatic rings. The highest BCUT2D eigenvalue weighted by molar-refractivity contribution is 7.09. The molecule has 2 aromatic rings. The molecule has 0 aliphatic heterocycles. The van der Waals surface area contributed by atoms with Crippen molar-refractivity contribution in [2.75, 3.05) is 0 Å². The van der Waals surface area contributed by atoms with Crippen LogP contribution in [0.25, 0.3) is 0 Å². The van der Waals surface area contributed by atoms with E-state index in [2.05, 4.69) is 4.98 Å². The van der Waals surface area contributed by atoms with Gasteiger partial charge in [0.25, 0.3) is 0 Å². The van der Waals surface area contributed by atoms with Crippen molar-refractivity contribution in [3.8, 4) is 0 Å². The fraction of sp³-hybridized carbons (Fsp3) is 0.182. The van der Waals surface area contributed by atoms with Gasteiger partial charge in [-0.15, -0.1) is 11.3 Å². The van der Waals surface area contributed by atoms with E-state index in [0.717, 1.165) is 16.3 Å². The van der Waals surface area contributed by atoms with Crippen LogP contribution in [-0.4, -0.2) is 4.98 Å². The molecule has 0 radical (unpaired) electrons. The van der Waals surface area contributed by atoms with Gasteiger partial charge >= 0.3 is 0 Å². The minimum atomic E-state index is -0.342. The number of nitrogens with two attached hydrogens (primary N) is 1. The molecule has 15 heavy (non-hydrogen) atoms. The van der Waals surface area contributed by atoms with Crippen LogP contribution in [-0.2, 0) is 0 Å². The highest BCUT2D eigenvalue weighted by Gasteiger charge is 2.12. The molecule has 1 unspecified atom stereocenters. The van der Waals surface area contributed by atoms with Crippen molar-refractivity contribution in [2.45, 2.75) is 13.0 Å². The molecule has 1 aromatic carbocycles. The van der Waals surface area contributed by atoms with E-state index in [9.17, 15) is 4.39 Å². The van der Waals surface area contributed by atoms with E-state index in [1.807, 2.05) is 18.4 Å². The molecule has 1 aromatic heterocycles. The first-order valence-corrected chi connectivity index (χ1v) is 5.48. The maximum atomic E-state index is 13.0. The average molecular weight is 222 g/mol. The minimum absolute atomic E-state index is 0.269. The van der Waals surface area contributed by atoms with Crippen molar-refractivity contribution in [2.24, 2.45) is 5.73 Å². The molecular weight excluding hydrogens is 211 g/mol. The maximum absolute atomic E-state index is 13.0. The van der Waals surface area contributed by atoms with Crippen molar-refractivity contribution in [1.29, 1.82) is 0 Å². The van der Waals surface area contributed by atoms with Gasteiger partial charge < -0.3 is 5.73 Å². The third kappa shape index (κ3) is 2.22. The van der Waals surface area contributed by atoms with Crippen LogP contribution >= 0.6 is 11.3 Å². The molecule has 2 nitrogen and oxygen atoms in total. The highest BCUT2D eigenvalue weighted by atomic mass is 32.1. The average Bonchev–Trinajstić information content (AvgIpc) is 2.64. The number of benzene rings is 1. The normalized spacial score (nSPS) is 12.7. The SMILES string of the molecule is Cc1nc(C(N)c2cccc(F)c2)cs1. The molecule has 0 aliphatic carbocycles. The Morgan fingerprint density at radius 2 is 2.27 bits per heavy atom. The summed E-state index contributed by atoms with van der Waals surface area (Å²) >= 11 is 1.55. The summed E-state index contributed by atoms with van der Waals surface area (Å²) in [6.45, 7) is 1.92. The molecule has 1 atom stereocenters. The Labute approximate surface area is 91.6 Å². The van der Waals surface area contributed by atoms with Gasteiger partial charge in [0.15, 0.2) is 0 Å². The van der Waals surface area contributed by atoms with E-state index in [-0.39, 0.29) is 11.9 Å². The topological polar surface area (TPSA) is 38.9 Å². The number of hydrogen-bond acceptors (Lipinski definition) is 3. The molecular formula is C11H11FN2S. The van der Waals surface area contributed by atoms with E-state index in [1.54, 1.807) is 17.4 Å². The quantitative estimate of drug-likeness (QED) is 0.848. The number of thiazole rings is 1. The predicted octanol–water partition coefficient (Wildman–Crippen LogP) is 2.64. The highest BCUT2D eigenvalue weighted by Crippen LogP contribution is 2.21. The summed E-state index contributed by atoms with van der Waals surface area (Å²) in [6, 6.07) is 5.97. The second-order valence-electron chi connectivity index (χ2n) is 3.32. The van der Waals surface area contributed by atoms with Gasteiger partial charge in [0.05, 0.1) is 16.7 Å². The smallest absolute Gasteiger partial charge is 0.123 e. The van der Waals surface area contributed by atoms with E-state index < -0.39 is 0 Å². The Balaban J connectivity index is 2.32. The summed E-state index contributed by atoms with van der Waals surface area (Å²) in [5.74, 6) is -0.269. The maximum Gasteiger partial charge on any atom is 0.123 e. The van der Waals surface area contributed by atoms with Gasteiger partial charge in [-0.05, 0) is 24.6 Å². The van der Waals surface area contributed by atoms with Crippen molar-refractivity contribution in [3.05, 3.63) is 51.7 Å². The third-order valence-electron chi connectivity index (χ3n) is 2.16. The zero-order valence-electron chi connectivity index (χ0n) is 8.27. The van der Waals surface area contributed by atoms with Gasteiger partial charge in [0.2, 0.25) is 0 Å². The van der Waals surface area contributed by atoms with Crippen LogP contribution in [0.5, 0.6) is 0 Å². The lowest BCUT2D eigenvalue weighted by Crippen LogP contribution is -2.12. The summed E-state index contributed by atoms with van der Waals surface area (Å²) in [4.78, 5) is 4.29. The largest absolute Gasteiger partial charge is 0.319 e. The molecule has 0 saturated heterocycles. The number of halogens is 1. The Hall–Kier alpha value is -1.26. The van der Waals surface area contributed by atoms with E-state index in [4.69, 9.17) is 5.73 Å². The molecule has 2 N–H and O–H groups in total. The third-order valence-corrected chi connectivity index (χ3v) is 2.95. The van der Waals surface area contributed by atoms with Gasteiger partial charge in [-0.25, -0.2) is 9.37 Å². The van der Waals surface area contributed by atoms with Crippen LogP contribution in [0, 0.1) is 12.7 Å². The van der Waals surface area contributed by atoms with Crippen LogP contribution < -0.4 is 5.73 Å². The molecule has 0 bridgehead atoms. The van der Waals surface area contributed by atoms with Crippen molar-refractivity contribution >= 4 is 11.3 Å². The van der Waals surface area contributed by atoms with E-state index in [0.29, 0.717) is 0 Å². The predicted molar refractivity (Wildman–Crippen MR) is 59.3 cm³/mol. The molecule has 2 rings (SSSR count). The Bertz CT molecular complexity index is 467. The molecule has 0 fully saturated rings. The van der Waals surface area contributed by atoms with Crippen molar-refractivity contribution in [1.82, 2.24) is 4.98 Å². The lowest BCUT2D eigenvalue weighted by atomic mass is 10.1. The van der Waals surface area contributed by atoms with Gasteiger partial charge in [-0.3, -0.25) is 0 Å². The molecule has 4 heteroatoms. The van der Waals surface area contributed by atoms with Crippen LogP contribution in [0.2, 0.25) is 0 Å². The summed E-state index contributed by atoms with van der Waals surface area (Å²) in [5, 5.41) is 2.88. The monoisotopic (exact) mass is 222 g/mol. The first-order chi connectivity index (χ1) is 7.16. The summed E-state index contributed by atoms with van der Waals surface area (Å²) < 4.78 is 13.0. The molecule has 0 saturated carbocycles. The Morgan fingerprint density at radius 1 is 1.47 bits per heavy atom. The zero-order valence-corrected chi connectivity index (χ0v) is 9.09. The van der Waals surface area contributed by atoms with Gasteiger partial charge in [-0.2, -0.15) is 0 Å². The standard InChI is InChI=1S/C11H11FN2S/c1-7-14-10(6-15-7)11(13)8-3-2-4-9(12)5-8/h2-6,11H,13H2,1H3. The summed E-state index contributed by atoms with van der Waals surface area (Å²) in [5.41, 5.74) is 7.52. The number of hydrogen-bond donors (Lipinski definition) is 1. The zero-order chi connectivity index (χ0) is 10.8. The second-order valence-corrected chi connectivity index (χ2v) is 4.39. The first-order valence-electron chi connectivity index (χ1n) is 4.60. The van der Waals surface area contributed by atoms with Crippen molar-refractivity contribution < 1.29 is 4.39 Å². The molecule has 0 amide bonds. The van der Waals surface area contributed by atoms with E-state index >= 15 is 0 Å². The van der Waals surface area contributed by atoms with Crippen LogP contribution in [0.3, 0.4) is 0 Å². The van der Waals surface area contributed by atoms with E-state index in [1.165, 1.54) is 12.1 Å². The fourth-order valence-electron chi connectivity index (χ4n) is 1.39. The van der Waals surface area contributed by atoms with Gasteiger partial charge in [0, 0.05) is 5.38 Å². The Kier molecular flexibility index (Phi) is 2.79. The number of aryl methyl sites for hydroxylation is 1. The summed E-state index contributed by atoms with van der Waals surface area (Å²) in [7, 11) is 0. The molecule has 78 valence electrons. The number of rotatable bonds is 2. The fourth-order valence-corrected chi connectivity index (χ4v) is 2.04. The Morgan fingerprint density at radius 3 is 2.87 bits per heavy atom. The second kappa shape index (κ2) is 4.08. The summed E-state index contributed by atoms with van der Waals surface area (Å²) in [6.07, 6.45) is 0. The molecule has 1 heterocycles. The lowest BCUT2D eigenvalue weighted by Gasteiger charge is -2.08. The van der Waals surface area contributed by atoms with Gasteiger partial charge in [-0.1, -0.05) is 12.1 Å². The number of nitrogens with zero attached hydrogens (tertiary/aromatic N) is 1. The first kappa shape index (κ1) is 10.3. The van der Waals surface area contributed by atoms with Crippen LogP contribution in [0.4, 0.5) is 4.39 Å². The van der Waals surface area contributed by atoms with Crippen LogP contribution in [0.1, 0.15) is 22.3 Å². The van der Waals surface area contributed by atoms with Crippen molar-refractivity contribution in [3.63, 3.8) is 0 Å². The minimum Gasteiger partial charge on any atom is -0.319 e. The number of aromatic nitrogens is 1. The molecule has 0 spiro atoms. The van der Waals surface area contributed by atoms with Gasteiger partial charge in [0.1, 0.15) is 5.82 Å². The lowest BCUT2D eigenvalue weighted by molar-refractivity contribution is 0.623.